The number of benzene rings is 1. The minimum Gasteiger partial charge on any atom is -0.386 e. The lowest BCUT2D eigenvalue weighted by molar-refractivity contribution is -0.135. The van der Waals surface area contributed by atoms with Crippen LogP contribution in [0.1, 0.15) is 38.4 Å². The van der Waals surface area contributed by atoms with Crippen molar-refractivity contribution in [2.24, 2.45) is 0 Å². The molecular weight excluding hydrogens is 254 g/mol. The molecule has 4 atom stereocenters. The third-order valence-electron chi connectivity index (χ3n) is 3.96. The van der Waals surface area contributed by atoms with Crippen molar-refractivity contribution in [1.29, 1.82) is 0 Å². The van der Waals surface area contributed by atoms with Crippen molar-refractivity contribution in [2.45, 2.75) is 51.0 Å². The quantitative estimate of drug-likeness (QED) is 0.810. The van der Waals surface area contributed by atoms with Gasteiger partial charge in [0.05, 0.1) is 18.2 Å². The summed E-state index contributed by atoms with van der Waals surface area (Å²) < 4.78 is 5.40. The van der Waals surface area contributed by atoms with Crippen LogP contribution in [0, 0.1) is 0 Å². The first-order valence-corrected chi connectivity index (χ1v) is 7.21. The molecule has 1 fully saturated rings. The number of nitrogens with zero attached hydrogens (tertiary/aromatic N) is 1. The van der Waals surface area contributed by atoms with Gasteiger partial charge in [-0.3, -0.25) is 4.79 Å². The van der Waals surface area contributed by atoms with Gasteiger partial charge in [0.25, 0.3) is 5.91 Å². The van der Waals surface area contributed by atoms with E-state index in [0.29, 0.717) is 0 Å². The molecule has 0 bridgehead atoms. The molecule has 4 nitrogen and oxygen atoms in total. The van der Waals surface area contributed by atoms with E-state index in [1.807, 2.05) is 37.3 Å². The van der Waals surface area contributed by atoms with Gasteiger partial charge in [-0.15, -0.1) is 0 Å². The van der Waals surface area contributed by atoms with E-state index >= 15 is 0 Å². The predicted octanol–water partition coefficient (Wildman–Crippen LogP) is 2.13. The molecule has 1 aliphatic heterocycles. The van der Waals surface area contributed by atoms with Gasteiger partial charge >= 0.3 is 0 Å². The van der Waals surface area contributed by atoms with Gasteiger partial charge in [0.2, 0.25) is 0 Å². The average molecular weight is 277 g/mol. The van der Waals surface area contributed by atoms with Crippen LogP contribution in [0.15, 0.2) is 30.3 Å². The van der Waals surface area contributed by atoms with Gasteiger partial charge in [-0.2, -0.15) is 0 Å². The second kappa shape index (κ2) is 6.37. The number of carbonyl (C=O) groups excluding carboxylic acids is 1. The van der Waals surface area contributed by atoms with Crippen LogP contribution in [-0.2, 0) is 9.53 Å². The van der Waals surface area contributed by atoms with Crippen LogP contribution in [0.4, 0.5) is 0 Å². The number of aliphatic hydroxyl groups excluding tert-OH is 1. The van der Waals surface area contributed by atoms with E-state index in [-0.39, 0.29) is 24.2 Å². The smallest absolute Gasteiger partial charge is 0.254 e. The minimum atomic E-state index is -0.687. The number of hydrogen-bond donors (Lipinski definition) is 1. The number of carbonyl (C=O) groups is 1. The lowest BCUT2D eigenvalue weighted by Crippen LogP contribution is -2.41. The van der Waals surface area contributed by atoms with E-state index in [9.17, 15) is 9.90 Å². The molecule has 4 heteroatoms. The summed E-state index contributed by atoms with van der Waals surface area (Å²) in [5.74, 6) is -0.0362. The topological polar surface area (TPSA) is 53.1 Å². The molecule has 0 radical (unpaired) electrons. The van der Waals surface area contributed by atoms with Crippen LogP contribution in [0.3, 0.4) is 0 Å². The number of ether oxygens (including phenoxy) is 1. The highest BCUT2D eigenvalue weighted by Crippen LogP contribution is 2.30. The number of rotatable bonds is 6. The van der Waals surface area contributed by atoms with Crippen molar-refractivity contribution in [1.82, 2.24) is 4.90 Å². The van der Waals surface area contributed by atoms with Crippen molar-refractivity contribution < 1.29 is 14.6 Å². The van der Waals surface area contributed by atoms with Crippen LogP contribution < -0.4 is 0 Å². The zero-order valence-corrected chi connectivity index (χ0v) is 12.3. The van der Waals surface area contributed by atoms with E-state index in [1.165, 1.54) is 0 Å². The van der Waals surface area contributed by atoms with E-state index in [0.717, 1.165) is 18.4 Å². The van der Waals surface area contributed by atoms with Crippen molar-refractivity contribution in [3.8, 4) is 0 Å². The van der Waals surface area contributed by atoms with E-state index in [4.69, 9.17) is 4.74 Å². The van der Waals surface area contributed by atoms with Gasteiger partial charge < -0.3 is 14.7 Å². The zero-order valence-electron chi connectivity index (χ0n) is 12.3. The van der Waals surface area contributed by atoms with Gasteiger partial charge in [-0.05, 0) is 18.9 Å². The lowest BCUT2D eigenvalue weighted by atomic mass is 10.0. The van der Waals surface area contributed by atoms with Crippen molar-refractivity contribution in [3.05, 3.63) is 35.9 Å². The van der Waals surface area contributed by atoms with Gasteiger partial charge in [-0.25, -0.2) is 0 Å². The maximum Gasteiger partial charge on any atom is 0.254 e. The zero-order chi connectivity index (χ0) is 14.7. The molecule has 2 rings (SSSR count). The highest BCUT2D eigenvalue weighted by molar-refractivity contribution is 5.83. The Balaban J connectivity index is 1.95. The first kappa shape index (κ1) is 15.0. The molecule has 1 saturated heterocycles. The third kappa shape index (κ3) is 3.19. The molecule has 0 saturated carbocycles. The van der Waals surface area contributed by atoms with Crippen molar-refractivity contribution >= 4 is 5.91 Å². The maximum absolute atomic E-state index is 12.3. The summed E-state index contributed by atoms with van der Waals surface area (Å²) in [7, 11) is 1.73. The Labute approximate surface area is 120 Å². The number of aliphatic hydroxyl groups is 1. The molecule has 1 N–H and O–H groups in total. The van der Waals surface area contributed by atoms with Crippen LogP contribution in [-0.4, -0.2) is 41.2 Å². The standard InChI is InChI=1S/C16H23NO3/c1-4-8-13-15(20-13)16(19)17(3)11(2)14(18)12-9-6-5-7-10-12/h5-7,9-11,13-15,18H,4,8H2,1-3H3/t11-,13+,14+,15-/m0/s1. The summed E-state index contributed by atoms with van der Waals surface area (Å²) in [5.41, 5.74) is 0.821. The lowest BCUT2D eigenvalue weighted by Gasteiger charge is -2.29. The number of amides is 1. The largest absolute Gasteiger partial charge is 0.386 e. The molecule has 0 unspecified atom stereocenters. The predicted molar refractivity (Wildman–Crippen MR) is 77.2 cm³/mol. The molecule has 0 spiro atoms. The Morgan fingerprint density at radius 1 is 1.40 bits per heavy atom. The van der Waals surface area contributed by atoms with E-state index < -0.39 is 6.10 Å². The van der Waals surface area contributed by atoms with Crippen LogP contribution in [0.2, 0.25) is 0 Å². The summed E-state index contributed by atoms with van der Waals surface area (Å²) >= 11 is 0. The summed E-state index contributed by atoms with van der Waals surface area (Å²) in [6.45, 7) is 3.93. The fourth-order valence-electron chi connectivity index (χ4n) is 2.41. The number of hydrogen-bond acceptors (Lipinski definition) is 3. The molecule has 0 aliphatic carbocycles. The molecule has 1 aliphatic rings. The highest BCUT2D eigenvalue weighted by Gasteiger charge is 2.46. The molecule has 1 aromatic carbocycles. The fraction of sp³-hybridized carbons (Fsp3) is 0.562. The molecule has 20 heavy (non-hydrogen) atoms. The molecule has 1 amide bonds. The molecule has 110 valence electrons. The van der Waals surface area contributed by atoms with E-state index in [1.54, 1.807) is 11.9 Å². The van der Waals surface area contributed by atoms with Crippen molar-refractivity contribution in [2.75, 3.05) is 7.05 Å². The summed E-state index contributed by atoms with van der Waals surface area (Å²) in [6.07, 6.45) is 0.996. The number of likely N-dealkylation sites (N-methyl/N-ethyl adjacent to an activating group) is 1. The molecule has 1 aromatic rings. The van der Waals surface area contributed by atoms with Gasteiger partial charge in [0.1, 0.15) is 0 Å². The van der Waals surface area contributed by atoms with E-state index in [2.05, 4.69) is 6.92 Å². The molecule has 0 aromatic heterocycles. The molecule has 1 heterocycles. The van der Waals surface area contributed by atoms with Gasteiger partial charge in [-0.1, -0.05) is 43.7 Å². The normalized spacial score (nSPS) is 24.0. The Bertz CT molecular complexity index is 448. The third-order valence-corrected chi connectivity index (χ3v) is 3.96. The Hall–Kier alpha value is -1.39. The Morgan fingerprint density at radius 2 is 2.05 bits per heavy atom. The second-order valence-electron chi connectivity index (χ2n) is 5.43. The fourth-order valence-corrected chi connectivity index (χ4v) is 2.41. The first-order chi connectivity index (χ1) is 9.56. The maximum atomic E-state index is 12.3. The van der Waals surface area contributed by atoms with Crippen LogP contribution >= 0.6 is 0 Å². The summed E-state index contributed by atoms with van der Waals surface area (Å²) in [5, 5.41) is 10.3. The SMILES string of the molecule is CCC[C@H]1O[C@@H]1C(=O)N(C)[C@@H](C)[C@@H](O)c1ccccc1. The van der Waals surface area contributed by atoms with Crippen LogP contribution in [0.25, 0.3) is 0 Å². The molecular formula is C16H23NO3. The Kier molecular flexibility index (Phi) is 4.78. The van der Waals surface area contributed by atoms with Crippen molar-refractivity contribution in [3.63, 3.8) is 0 Å². The van der Waals surface area contributed by atoms with Gasteiger partial charge in [0, 0.05) is 7.05 Å². The first-order valence-electron chi connectivity index (χ1n) is 7.21. The summed E-state index contributed by atoms with van der Waals surface area (Å²) in [6, 6.07) is 9.13. The van der Waals surface area contributed by atoms with Crippen LogP contribution in [0.5, 0.6) is 0 Å². The van der Waals surface area contributed by atoms with Gasteiger partial charge in [0.15, 0.2) is 6.10 Å². The highest BCUT2D eigenvalue weighted by atomic mass is 16.6. The summed E-state index contributed by atoms with van der Waals surface area (Å²) in [4.78, 5) is 13.9. The number of epoxide rings is 1. The minimum absolute atomic E-state index is 0.0362. The average Bonchev–Trinajstić information content (AvgIpc) is 3.24. The monoisotopic (exact) mass is 277 g/mol. The second-order valence-corrected chi connectivity index (χ2v) is 5.43. The Morgan fingerprint density at radius 3 is 2.65 bits per heavy atom.